The van der Waals surface area contributed by atoms with Gasteiger partial charge in [0.2, 0.25) is 11.8 Å². The number of likely N-dealkylation sites (tertiary alicyclic amines) is 1. The van der Waals surface area contributed by atoms with E-state index in [0.717, 1.165) is 12.8 Å². The minimum Gasteiger partial charge on any atom is -0.477 e. The lowest BCUT2D eigenvalue weighted by atomic mass is 9.83. The number of carbonyl (C=O) groups is 1. The van der Waals surface area contributed by atoms with Crippen LogP contribution in [0.25, 0.3) is 0 Å². The van der Waals surface area contributed by atoms with Gasteiger partial charge in [0.1, 0.15) is 4.75 Å². The molecule has 1 amide bonds. The Morgan fingerprint density at radius 3 is 2.88 bits per heavy atom. The Morgan fingerprint density at radius 2 is 2.21 bits per heavy atom. The van der Waals surface area contributed by atoms with Gasteiger partial charge in [-0.1, -0.05) is 19.4 Å². The molecule has 1 aromatic rings. The first-order valence-corrected chi connectivity index (χ1v) is 10.2. The zero-order chi connectivity index (χ0) is 17.2. The molecule has 0 aromatic carbocycles. The maximum Gasteiger partial charge on any atom is 0.222 e. The number of ether oxygens (including phenoxy) is 1. The second-order valence-electron chi connectivity index (χ2n) is 6.70. The van der Waals surface area contributed by atoms with Gasteiger partial charge in [0.25, 0.3) is 0 Å². The van der Waals surface area contributed by atoms with E-state index in [2.05, 4.69) is 4.98 Å². The van der Waals surface area contributed by atoms with Crippen molar-refractivity contribution in [3.63, 3.8) is 0 Å². The van der Waals surface area contributed by atoms with Gasteiger partial charge >= 0.3 is 0 Å². The zero-order valence-corrected chi connectivity index (χ0v) is 14.8. The Bertz CT molecular complexity index is 684. The SMILES string of the molecule is CCCCC(=O)N1CC2(C1)[C@H](COc1ccccn1)CCS2(=O)=O. The lowest BCUT2D eigenvalue weighted by molar-refractivity contribution is -0.137. The zero-order valence-electron chi connectivity index (χ0n) is 14.0. The van der Waals surface area contributed by atoms with Crippen molar-refractivity contribution in [1.29, 1.82) is 0 Å². The van der Waals surface area contributed by atoms with E-state index < -0.39 is 14.6 Å². The lowest BCUT2D eigenvalue weighted by Gasteiger charge is -2.49. The van der Waals surface area contributed by atoms with Gasteiger partial charge in [-0.2, -0.15) is 0 Å². The van der Waals surface area contributed by atoms with Crippen molar-refractivity contribution in [2.75, 3.05) is 25.4 Å². The van der Waals surface area contributed by atoms with Crippen LogP contribution in [0.1, 0.15) is 32.6 Å². The summed E-state index contributed by atoms with van der Waals surface area (Å²) < 4.78 is 30.0. The second kappa shape index (κ2) is 6.70. The van der Waals surface area contributed by atoms with Crippen LogP contribution in [0.3, 0.4) is 0 Å². The standard InChI is InChI=1S/C17H24N2O4S/c1-2-3-7-16(20)19-12-17(13-19)14(8-10-24(17,21)22)11-23-15-6-4-5-9-18-15/h4-6,9,14H,2-3,7-8,10-13H2,1H3/t14-/m0/s1. The van der Waals surface area contributed by atoms with Gasteiger partial charge < -0.3 is 9.64 Å². The Labute approximate surface area is 143 Å². The van der Waals surface area contributed by atoms with Crippen molar-refractivity contribution in [3.05, 3.63) is 24.4 Å². The molecule has 0 N–H and O–H groups in total. The summed E-state index contributed by atoms with van der Waals surface area (Å²) in [6.45, 7) is 2.99. The molecule has 2 saturated heterocycles. The summed E-state index contributed by atoms with van der Waals surface area (Å²) in [4.78, 5) is 17.9. The normalized spacial score (nSPS) is 23.9. The average Bonchev–Trinajstić information content (AvgIpc) is 2.81. The summed E-state index contributed by atoms with van der Waals surface area (Å²) in [6.07, 6.45) is 4.55. The molecule has 3 heterocycles. The van der Waals surface area contributed by atoms with Gasteiger partial charge in [-0.05, 0) is 18.9 Å². The number of hydrogen-bond acceptors (Lipinski definition) is 5. The highest BCUT2D eigenvalue weighted by Crippen LogP contribution is 2.45. The monoisotopic (exact) mass is 352 g/mol. The molecule has 0 bridgehead atoms. The molecule has 2 fully saturated rings. The van der Waals surface area contributed by atoms with Gasteiger partial charge in [0, 0.05) is 37.7 Å². The summed E-state index contributed by atoms with van der Waals surface area (Å²) in [7, 11) is -3.18. The molecule has 6 nitrogen and oxygen atoms in total. The van der Waals surface area contributed by atoms with Crippen molar-refractivity contribution in [2.45, 2.75) is 37.4 Å². The fraction of sp³-hybridized carbons (Fsp3) is 0.647. The third kappa shape index (κ3) is 3.01. The number of hydrogen-bond donors (Lipinski definition) is 0. The van der Waals surface area contributed by atoms with Crippen LogP contribution in [0.4, 0.5) is 0 Å². The first kappa shape index (κ1) is 17.2. The maximum atomic E-state index is 12.6. The number of unbranched alkanes of at least 4 members (excludes halogenated alkanes) is 1. The Hall–Kier alpha value is -1.63. The van der Waals surface area contributed by atoms with E-state index in [4.69, 9.17) is 4.74 Å². The Kier molecular flexibility index (Phi) is 4.80. The first-order valence-electron chi connectivity index (χ1n) is 8.52. The minimum atomic E-state index is -3.18. The van der Waals surface area contributed by atoms with Gasteiger partial charge in [-0.15, -0.1) is 0 Å². The van der Waals surface area contributed by atoms with E-state index in [1.165, 1.54) is 0 Å². The van der Waals surface area contributed by atoms with Gasteiger partial charge in [0.15, 0.2) is 9.84 Å². The Morgan fingerprint density at radius 1 is 1.42 bits per heavy atom. The third-order valence-electron chi connectivity index (χ3n) is 5.18. The average molecular weight is 352 g/mol. The third-order valence-corrected chi connectivity index (χ3v) is 7.79. The molecule has 0 unspecified atom stereocenters. The van der Waals surface area contributed by atoms with Crippen LogP contribution >= 0.6 is 0 Å². The summed E-state index contributed by atoms with van der Waals surface area (Å²) in [5, 5.41) is 0. The van der Waals surface area contributed by atoms with Crippen molar-refractivity contribution in [2.24, 2.45) is 5.92 Å². The first-order chi connectivity index (χ1) is 11.5. The summed E-state index contributed by atoms with van der Waals surface area (Å²) in [6, 6.07) is 5.40. The predicted molar refractivity (Wildman–Crippen MR) is 90.5 cm³/mol. The second-order valence-corrected chi connectivity index (χ2v) is 9.15. The molecule has 0 aliphatic carbocycles. The number of rotatable bonds is 6. The number of nitrogens with zero attached hydrogens (tertiary/aromatic N) is 2. The van der Waals surface area contributed by atoms with Gasteiger partial charge in [-0.3, -0.25) is 4.79 Å². The summed E-state index contributed by atoms with van der Waals surface area (Å²) in [5.41, 5.74) is 0. The maximum absolute atomic E-state index is 12.6. The van der Waals surface area contributed by atoms with Crippen LogP contribution < -0.4 is 4.74 Å². The van der Waals surface area contributed by atoms with Crippen LogP contribution in [0.15, 0.2) is 24.4 Å². The van der Waals surface area contributed by atoms with Crippen LogP contribution in [0.5, 0.6) is 5.88 Å². The number of pyridine rings is 1. The number of amides is 1. The molecule has 24 heavy (non-hydrogen) atoms. The molecule has 1 spiro atoms. The van der Waals surface area contributed by atoms with E-state index in [-0.39, 0.29) is 17.6 Å². The molecular weight excluding hydrogens is 328 g/mol. The van der Waals surface area contributed by atoms with Crippen molar-refractivity contribution in [3.8, 4) is 5.88 Å². The largest absolute Gasteiger partial charge is 0.477 e. The molecule has 0 saturated carbocycles. The molecular formula is C17H24N2O4S. The molecule has 2 aliphatic heterocycles. The van der Waals surface area contributed by atoms with Crippen molar-refractivity contribution >= 4 is 15.7 Å². The number of sulfone groups is 1. The number of aromatic nitrogens is 1. The van der Waals surface area contributed by atoms with E-state index >= 15 is 0 Å². The fourth-order valence-electron chi connectivity index (χ4n) is 3.59. The molecule has 1 atom stereocenters. The van der Waals surface area contributed by atoms with E-state index in [0.29, 0.717) is 38.4 Å². The van der Waals surface area contributed by atoms with Crippen molar-refractivity contribution in [1.82, 2.24) is 9.88 Å². The highest BCUT2D eigenvalue weighted by Gasteiger charge is 2.62. The Balaban J connectivity index is 1.65. The van der Waals surface area contributed by atoms with E-state index in [1.54, 1.807) is 23.2 Å². The summed E-state index contributed by atoms with van der Waals surface area (Å²) >= 11 is 0. The van der Waals surface area contributed by atoms with E-state index in [9.17, 15) is 13.2 Å². The highest BCUT2D eigenvalue weighted by molar-refractivity contribution is 7.93. The van der Waals surface area contributed by atoms with Gasteiger partial charge in [0.05, 0.1) is 12.4 Å². The van der Waals surface area contributed by atoms with Gasteiger partial charge in [-0.25, -0.2) is 13.4 Å². The smallest absolute Gasteiger partial charge is 0.222 e. The van der Waals surface area contributed by atoms with Crippen LogP contribution in [-0.2, 0) is 14.6 Å². The lowest BCUT2D eigenvalue weighted by Crippen LogP contribution is -2.68. The molecule has 3 rings (SSSR count). The van der Waals surface area contributed by atoms with Crippen molar-refractivity contribution < 1.29 is 17.9 Å². The predicted octanol–water partition coefficient (Wildman–Crippen LogP) is 1.67. The molecule has 2 aliphatic rings. The summed E-state index contributed by atoms with van der Waals surface area (Å²) in [5.74, 6) is 0.668. The fourth-order valence-corrected chi connectivity index (χ4v) is 5.99. The number of carbonyl (C=O) groups excluding carboxylic acids is 1. The topological polar surface area (TPSA) is 76.6 Å². The van der Waals surface area contributed by atoms with Crippen LogP contribution in [-0.4, -0.2) is 54.4 Å². The van der Waals surface area contributed by atoms with E-state index in [1.807, 2.05) is 13.0 Å². The molecule has 132 valence electrons. The van der Waals surface area contributed by atoms with Crippen LogP contribution in [0.2, 0.25) is 0 Å². The molecule has 7 heteroatoms. The molecule has 1 aromatic heterocycles. The minimum absolute atomic E-state index is 0.0639. The highest BCUT2D eigenvalue weighted by atomic mass is 32.2. The molecule has 0 radical (unpaired) electrons. The quantitative estimate of drug-likeness (QED) is 0.778. The van der Waals surface area contributed by atoms with Crippen LogP contribution in [0, 0.1) is 5.92 Å².